The summed E-state index contributed by atoms with van der Waals surface area (Å²) in [7, 11) is 3.42. The first kappa shape index (κ1) is 24.1. The first-order chi connectivity index (χ1) is 15.6. The van der Waals surface area contributed by atoms with Crippen molar-refractivity contribution in [1.82, 2.24) is 9.80 Å². The molecule has 4 rings (SSSR count). The number of nitrogens with zero attached hydrogens (tertiary/aromatic N) is 2. The van der Waals surface area contributed by atoms with Gasteiger partial charge in [0.05, 0.1) is 22.6 Å². The predicted molar refractivity (Wildman–Crippen MR) is 133 cm³/mol. The second-order valence-corrected chi connectivity index (χ2v) is 11.4. The third-order valence-corrected chi connectivity index (χ3v) is 8.49. The Hall–Kier alpha value is -2.05. The van der Waals surface area contributed by atoms with Gasteiger partial charge in [-0.3, -0.25) is 9.59 Å². The summed E-state index contributed by atoms with van der Waals surface area (Å²) in [5.74, 6) is 1.48. The van der Waals surface area contributed by atoms with Gasteiger partial charge in [-0.05, 0) is 91.5 Å². The van der Waals surface area contributed by atoms with E-state index in [1.165, 1.54) is 11.3 Å². The molecule has 1 aliphatic carbocycles. The van der Waals surface area contributed by atoms with Crippen LogP contribution in [0, 0.1) is 11.3 Å². The van der Waals surface area contributed by atoms with E-state index in [2.05, 4.69) is 16.3 Å². The molecule has 5 nitrogen and oxygen atoms in total. The van der Waals surface area contributed by atoms with Gasteiger partial charge in [-0.2, -0.15) is 11.3 Å². The van der Waals surface area contributed by atoms with E-state index in [1.807, 2.05) is 25.3 Å². The molecule has 2 aromatic rings. The number of thiophene rings is 1. The zero-order chi connectivity index (χ0) is 23.8. The summed E-state index contributed by atoms with van der Waals surface area (Å²) >= 11 is 7.93. The van der Waals surface area contributed by atoms with E-state index >= 15 is 0 Å². The molecule has 2 aliphatic rings. The molecule has 1 aromatic carbocycles. The number of carbonyl (C=O) groups is 2. The van der Waals surface area contributed by atoms with E-state index in [0.717, 1.165) is 37.9 Å². The van der Waals surface area contributed by atoms with Crippen LogP contribution in [0.15, 0.2) is 35.0 Å². The zero-order valence-corrected chi connectivity index (χ0v) is 21.5. The van der Waals surface area contributed by atoms with Crippen molar-refractivity contribution in [3.63, 3.8) is 0 Å². The highest BCUT2D eigenvalue weighted by atomic mass is 35.5. The molecule has 0 N–H and O–H groups in total. The molecule has 2 amide bonds. The topological polar surface area (TPSA) is 49.9 Å². The van der Waals surface area contributed by atoms with Crippen molar-refractivity contribution in [3.05, 3.63) is 51.2 Å². The van der Waals surface area contributed by atoms with Crippen LogP contribution in [0.5, 0.6) is 5.75 Å². The Kier molecular flexibility index (Phi) is 6.79. The average Bonchev–Trinajstić information content (AvgIpc) is 3.18. The molecular formula is C26H33ClN2O3S. The van der Waals surface area contributed by atoms with E-state index in [4.69, 9.17) is 16.3 Å². The minimum atomic E-state index is -0.463. The highest BCUT2D eigenvalue weighted by molar-refractivity contribution is 7.08. The Morgan fingerprint density at radius 2 is 1.97 bits per heavy atom. The summed E-state index contributed by atoms with van der Waals surface area (Å²) in [6.45, 7) is 6.40. The van der Waals surface area contributed by atoms with Crippen LogP contribution in [0.2, 0.25) is 5.02 Å². The molecule has 1 spiro atoms. The largest absolute Gasteiger partial charge is 0.494 e. The maximum atomic E-state index is 13.2. The molecule has 1 saturated carbocycles. The summed E-state index contributed by atoms with van der Waals surface area (Å²) in [6.07, 6.45) is 4.39. The predicted octanol–water partition coefficient (Wildman–Crippen LogP) is 5.48. The van der Waals surface area contributed by atoms with Gasteiger partial charge in [0, 0.05) is 27.2 Å². The molecule has 7 heteroatoms. The lowest BCUT2D eigenvalue weighted by Gasteiger charge is -2.37. The number of hydrogen-bond acceptors (Lipinski definition) is 4. The Morgan fingerprint density at radius 3 is 2.58 bits per heavy atom. The highest BCUT2D eigenvalue weighted by Crippen LogP contribution is 2.61. The lowest BCUT2D eigenvalue weighted by molar-refractivity contribution is -0.138. The van der Waals surface area contributed by atoms with E-state index in [0.29, 0.717) is 34.3 Å². The van der Waals surface area contributed by atoms with Crippen molar-refractivity contribution in [2.45, 2.75) is 44.9 Å². The van der Waals surface area contributed by atoms with Gasteiger partial charge in [0.25, 0.3) is 5.91 Å². The van der Waals surface area contributed by atoms with Crippen LogP contribution in [0.3, 0.4) is 0 Å². The molecule has 1 unspecified atom stereocenters. The molecule has 1 aromatic heterocycles. The zero-order valence-electron chi connectivity index (χ0n) is 19.9. The van der Waals surface area contributed by atoms with Crippen LogP contribution in [-0.2, 0) is 10.2 Å². The van der Waals surface area contributed by atoms with Crippen molar-refractivity contribution in [3.8, 4) is 5.75 Å². The number of hydrogen-bond donors (Lipinski definition) is 0. The first-order valence-corrected chi connectivity index (χ1v) is 12.9. The van der Waals surface area contributed by atoms with Gasteiger partial charge < -0.3 is 14.5 Å². The summed E-state index contributed by atoms with van der Waals surface area (Å²) in [4.78, 5) is 28.9. The van der Waals surface area contributed by atoms with E-state index < -0.39 is 5.41 Å². The highest BCUT2D eigenvalue weighted by Gasteiger charge is 2.55. The van der Waals surface area contributed by atoms with Gasteiger partial charge in [-0.25, -0.2) is 0 Å². The third kappa shape index (κ3) is 4.92. The molecule has 0 bridgehead atoms. The number of benzene rings is 1. The molecule has 0 radical (unpaired) electrons. The number of likely N-dealkylation sites (tertiary alicyclic amines) is 1. The number of amides is 2. The quantitative estimate of drug-likeness (QED) is 0.518. The van der Waals surface area contributed by atoms with Crippen molar-refractivity contribution in [2.24, 2.45) is 11.3 Å². The summed E-state index contributed by atoms with van der Waals surface area (Å²) in [6, 6.07) is 7.32. The Morgan fingerprint density at radius 1 is 1.24 bits per heavy atom. The number of piperidine rings is 1. The van der Waals surface area contributed by atoms with Crippen molar-refractivity contribution in [2.75, 3.05) is 33.8 Å². The Bertz CT molecular complexity index is 1010. The molecule has 1 atom stereocenters. The van der Waals surface area contributed by atoms with E-state index in [-0.39, 0.29) is 11.8 Å². The van der Waals surface area contributed by atoms with E-state index in [1.54, 1.807) is 37.6 Å². The Balaban J connectivity index is 1.24. The van der Waals surface area contributed by atoms with Gasteiger partial charge in [-0.15, -0.1) is 0 Å². The number of halogens is 1. The fraction of sp³-hybridized carbons (Fsp3) is 0.538. The lowest BCUT2D eigenvalue weighted by Crippen LogP contribution is -2.47. The molecule has 1 aliphatic heterocycles. The monoisotopic (exact) mass is 488 g/mol. The maximum Gasteiger partial charge on any atom is 0.254 e. The smallest absolute Gasteiger partial charge is 0.254 e. The maximum absolute atomic E-state index is 13.2. The summed E-state index contributed by atoms with van der Waals surface area (Å²) < 4.78 is 5.94. The second-order valence-electron chi connectivity index (χ2n) is 10.2. The standard InChI is InChI=1S/C26H33ClN2O3S/c1-25(2,19-8-14-33-17-19)24(31)29-11-9-26(10-12-29)16-18(26)7-13-32-20-5-6-21(22(27)15-20)23(30)28(3)4/h5-6,8,14-15,17-18H,7,9-13,16H2,1-4H3. The number of carbonyl (C=O) groups excluding carboxylic acids is 2. The van der Waals surface area contributed by atoms with Crippen molar-refractivity contribution >= 4 is 34.8 Å². The summed E-state index contributed by atoms with van der Waals surface area (Å²) in [5, 5.41) is 4.54. The van der Waals surface area contributed by atoms with Crippen LogP contribution in [0.25, 0.3) is 0 Å². The normalized spacial score (nSPS) is 19.4. The average molecular weight is 489 g/mol. The van der Waals surface area contributed by atoms with Gasteiger partial charge in [0.15, 0.2) is 0 Å². The van der Waals surface area contributed by atoms with Gasteiger partial charge in [0.2, 0.25) is 5.91 Å². The van der Waals surface area contributed by atoms with E-state index in [9.17, 15) is 9.59 Å². The minimum absolute atomic E-state index is 0.116. The molecule has 2 heterocycles. The van der Waals surface area contributed by atoms with Crippen molar-refractivity contribution < 1.29 is 14.3 Å². The minimum Gasteiger partial charge on any atom is -0.494 e. The lowest BCUT2D eigenvalue weighted by atomic mass is 9.83. The van der Waals surface area contributed by atoms with Crippen LogP contribution >= 0.6 is 22.9 Å². The van der Waals surface area contributed by atoms with Crippen LogP contribution in [0.1, 0.15) is 55.5 Å². The van der Waals surface area contributed by atoms with Crippen LogP contribution in [0.4, 0.5) is 0 Å². The molecule has 178 valence electrons. The molecular weight excluding hydrogens is 456 g/mol. The number of rotatable bonds is 7. The van der Waals surface area contributed by atoms with Gasteiger partial charge in [-0.1, -0.05) is 11.6 Å². The van der Waals surface area contributed by atoms with Crippen LogP contribution < -0.4 is 4.74 Å². The van der Waals surface area contributed by atoms with Crippen molar-refractivity contribution in [1.29, 1.82) is 0 Å². The molecule has 2 fully saturated rings. The van der Waals surface area contributed by atoms with Gasteiger partial charge >= 0.3 is 0 Å². The first-order valence-electron chi connectivity index (χ1n) is 11.6. The molecule has 1 saturated heterocycles. The molecule has 33 heavy (non-hydrogen) atoms. The fourth-order valence-electron chi connectivity index (χ4n) is 5.07. The van der Waals surface area contributed by atoms with Crippen LogP contribution in [-0.4, -0.2) is 55.4 Å². The summed E-state index contributed by atoms with van der Waals surface area (Å²) in [5.41, 5.74) is 1.51. The SMILES string of the molecule is CN(C)C(=O)c1ccc(OCCC2CC23CCN(C(=O)C(C)(C)c2ccsc2)CC3)cc1Cl. The third-order valence-electron chi connectivity index (χ3n) is 7.49. The van der Waals surface area contributed by atoms with Gasteiger partial charge in [0.1, 0.15) is 5.75 Å². The number of ether oxygens (including phenoxy) is 1. The Labute approximate surface area is 205 Å². The fourth-order valence-corrected chi connectivity index (χ4v) is 6.14. The second kappa shape index (κ2) is 9.30.